The molecule has 292 valence electrons. The molecule has 2 heterocycles. The molecule has 0 amide bonds. The molecule has 9 nitrogen and oxygen atoms in total. The van der Waals surface area contributed by atoms with Crippen molar-refractivity contribution in [3.8, 4) is 5.75 Å². The Morgan fingerprint density at radius 1 is 0.768 bits per heavy atom. The zero-order chi connectivity index (χ0) is 39.3. The van der Waals surface area contributed by atoms with Gasteiger partial charge in [-0.25, -0.2) is 8.42 Å². The van der Waals surface area contributed by atoms with Gasteiger partial charge >= 0.3 is 0 Å². The highest BCUT2D eigenvalue weighted by molar-refractivity contribution is 7.89. The van der Waals surface area contributed by atoms with Crippen molar-refractivity contribution in [3.05, 3.63) is 166 Å². The summed E-state index contributed by atoms with van der Waals surface area (Å²) in [4.78, 5) is 17.9. The second-order valence-electron chi connectivity index (χ2n) is 13.8. The van der Waals surface area contributed by atoms with Gasteiger partial charge in [0, 0.05) is 55.6 Å². The van der Waals surface area contributed by atoms with Crippen LogP contribution in [0.1, 0.15) is 61.5 Å². The maximum Gasteiger partial charge on any atom is 0.248 e. The van der Waals surface area contributed by atoms with Crippen LogP contribution in [0.25, 0.3) is 10.9 Å². The summed E-state index contributed by atoms with van der Waals surface area (Å²) in [5.41, 5.74) is 5.93. The SMILES string of the molecule is CC.O=c1ccc2c([C@@H](O)CN(CCc3ccc(Nc4cccc(S(=O)(=O)N5CCCCC5)c4)cc3)Cc3ccccc3)ccc(OCc3ccccc3)c2[nH]1. The van der Waals surface area contributed by atoms with Gasteiger partial charge in [0.1, 0.15) is 12.4 Å². The molecule has 56 heavy (non-hydrogen) atoms. The maximum absolute atomic E-state index is 13.2. The van der Waals surface area contributed by atoms with Crippen LogP contribution >= 0.6 is 0 Å². The van der Waals surface area contributed by atoms with Crippen LogP contribution in [-0.2, 0) is 29.6 Å². The van der Waals surface area contributed by atoms with Gasteiger partial charge in [0.2, 0.25) is 15.6 Å². The largest absolute Gasteiger partial charge is 0.487 e. The number of sulfonamides is 1. The van der Waals surface area contributed by atoms with Crippen LogP contribution in [0.3, 0.4) is 0 Å². The Bertz CT molecular complexity index is 2310. The first-order valence-corrected chi connectivity index (χ1v) is 21.0. The average molecular weight is 773 g/mol. The second kappa shape index (κ2) is 19.6. The standard InChI is InChI=1S/C44H46N4O5S.C2H6/c49-41(39-21-23-42(44-40(39)22-24-43(50)46-44)53-32-35-13-6-2-7-14-35)31-47(30-34-11-4-1-5-12-34)28-25-33-17-19-36(20-18-33)45-37-15-10-16-38(29-37)54(51,52)48-26-8-3-9-27-48;1-2/h1-2,4-7,10-24,29,41,45,49H,3,8-9,25-28,30-32H2,(H,46,50);1-2H3/t41-;/m0./s1. The van der Waals surface area contributed by atoms with Crippen LogP contribution in [0.4, 0.5) is 11.4 Å². The Balaban J connectivity index is 0.00000262. The van der Waals surface area contributed by atoms with Gasteiger partial charge in [-0.2, -0.15) is 4.31 Å². The zero-order valence-electron chi connectivity index (χ0n) is 32.2. The second-order valence-corrected chi connectivity index (χ2v) is 15.8. The van der Waals surface area contributed by atoms with Gasteiger partial charge in [-0.3, -0.25) is 9.69 Å². The lowest BCUT2D eigenvalue weighted by atomic mass is 10.0. The molecular formula is C46H52N4O5S. The minimum absolute atomic E-state index is 0.236. The van der Waals surface area contributed by atoms with Gasteiger partial charge in [0.25, 0.3) is 0 Å². The zero-order valence-corrected chi connectivity index (χ0v) is 33.0. The molecule has 1 atom stereocenters. The van der Waals surface area contributed by atoms with E-state index in [1.807, 2.05) is 92.7 Å². The van der Waals surface area contributed by atoms with E-state index >= 15 is 0 Å². The first-order chi connectivity index (χ1) is 27.3. The summed E-state index contributed by atoms with van der Waals surface area (Å²) in [6, 6.07) is 42.2. The lowest BCUT2D eigenvalue weighted by molar-refractivity contribution is 0.110. The summed E-state index contributed by atoms with van der Waals surface area (Å²) in [5, 5.41) is 15.8. The number of aromatic nitrogens is 1. The maximum atomic E-state index is 13.2. The van der Waals surface area contributed by atoms with E-state index in [9.17, 15) is 18.3 Å². The van der Waals surface area contributed by atoms with Crippen LogP contribution in [0, 0.1) is 0 Å². The van der Waals surface area contributed by atoms with Crippen molar-refractivity contribution in [2.75, 3.05) is 31.5 Å². The fraction of sp³-hybridized carbons (Fsp3) is 0.283. The number of H-pyrrole nitrogens is 1. The fourth-order valence-corrected chi connectivity index (χ4v) is 8.57. The summed E-state index contributed by atoms with van der Waals surface area (Å²) in [5.74, 6) is 0.553. The Morgan fingerprint density at radius 2 is 1.46 bits per heavy atom. The van der Waals surface area contributed by atoms with E-state index in [4.69, 9.17) is 4.74 Å². The topological polar surface area (TPSA) is 115 Å². The lowest BCUT2D eigenvalue weighted by Gasteiger charge is -2.26. The van der Waals surface area contributed by atoms with Crippen molar-refractivity contribution in [1.82, 2.24) is 14.2 Å². The molecule has 1 saturated heterocycles. The molecule has 1 aromatic heterocycles. The van der Waals surface area contributed by atoms with Gasteiger partial charge in [0.15, 0.2) is 0 Å². The van der Waals surface area contributed by atoms with Crippen molar-refractivity contribution in [1.29, 1.82) is 0 Å². The fourth-order valence-electron chi connectivity index (χ4n) is 7.01. The van der Waals surface area contributed by atoms with Gasteiger partial charge in [-0.1, -0.05) is 105 Å². The van der Waals surface area contributed by atoms with Crippen molar-refractivity contribution >= 4 is 32.3 Å². The molecule has 1 aliphatic heterocycles. The van der Waals surface area contributed by atoms with Gasteiger partial charge in [-0.15, -0.1) is 0 Å². The number of ether oxygens (including phenoxy) is 1. The molecule has 1 aliphatic rings. The van der Waals surface area contributed by atoms with Crippen LogP contribution in [0.15, 0.2) is 143 Å². The number of nitrogens with one attached hydrogen (secondary N) is 2. The van der Waals surface area contributed by atoms with E-state index in [0.717, 1.165) is 64.7 Å². The molecule has 0 spiro atoms. The Morgan fingerprint density at radius 3 is 2.18 bits per heavy atom. The monoisotopic (exact) mass is 772 g/mol. The first-order valence-electron chi connectivity index (χ1n) is 19.5. The van der Waals surface area contributed by atoms with E-state index in [1.165, 1.54) is 6.07 Å². The van der Waals surface area contributed by atoms with Crippen molar-refractivity contribution < 1.29 is 18.3 Å². The summed E-state index contributed by atoms with van der Waals surface area (Å²) in [6.07, 6.45) is 2.79. The highest BCUT2D eigenvalue weighted by atomic mass is 32.2. The number of fused-ring (bicyclic) bond motifs is 1. The lowest BCUT2D eigenvalue weighted by Crippen LogP contribution is -2.35. The molecule has 0 bridgehead atoms. The number of benzene rings is 5. The van der Waals surface area contributed by atoms with Crippen molar-refractivity contribution in [3.63, 3.8) is 0 Å². The van der Waals surface area contributed by atoms with Crippen molar-refractivity contribution in [2.24, 2.45) is 0 Å². The number of pyridine rings is 1. The quantitative estimate of drug-likeness (QED) is 0.0956. The highest BCUT2D eigenvalue weighted by Gasteiger charge is 2.26. The molecule has 7 rings (SSSR count). The Hall–Kier alpha value is -5.26. The molecule has 0 unspecified atom stereocenters. The van der Waals surface area contributed by atoms with E-state index < -0.39 is 16.1 Å². The molecule has 0 aliphatic carbocycles. The third-order valence-electron chi connectivity index (χ3n) is 9.91. The minimum Gasteiger partial charge on any atom is -0.487 e. The van der Waals surface area contributed by atoms with E-state index in [0.29, 0.717) is 55.5 Å². The molecule has 0 saturated carbocycles. The number of hydrogen-bond acceptors (Lipinski definition) is 7. The molecular weight excluding hydrogens is 721 g/mol. The van der Waals surface area contributed by atoms with Crippen LogP contribution < -0.4 is 15.6 Å². The predicted molar refractivity (Wildman–Crippen MR) is 226 cm³/mol. The van der Waals surface area contributed by atoms with Crippen LogP contribution in [0.5, 0.6) is 5.75 Å². The normalized spacial score (nSPS) is 13.9. The third kappa shape index (κ3) is 10.5. The molecule has 0 radical (unpaired) electrons. The van der Waals surface area contributed by atoms with E-state index in [1.54, 1.807) is 28.6 Å². The molecule has 3 N–H and O–H groups in total. The number of rotatable bonds is 15. The Labute approximate surface area is 330 Å². The number of aliphatic hydroxyl groups is 1. The van der Waals surface area contributed by atoms with E-state index in [-0.39, 0.29) is 5.56 Å². The average Bonchev–Trinajstić information content (AvgIpc) is 3.24. The van der Waals surface area contributed by atoms with Crippen LogP contribution in [-0.4, -0.2) is 53.9 Å². The number of hydrogen-bond donors (Lipinski definition) is 3. The van der Waals surface area contributed by atoms with Gasteiger partial charge in [0.05, 0.1) is 16.5 Å². The Kier molecular flexibility index (Phi) is 14.1. The summed E-state index contributed by atoms with van der Waals surface area (Å²) < 4.78 is 34.2. The third-order valence-corrected chi connectivity index (χ3v) is 11.8. The number of anilines is 2. The van der Waals surface area contributed by atoms with Gasteiger partial charge in [-0.05, 0) is 84.0 Å². The summed E-state index contributed by atoms with van der Waals surface area (Å²) >= 11 is 0. The summed E-state index contributed by atoms with van der Waals surface area (Å²) in [6.45, 7) is 7.22. The molecule has 6 aromatic rings. The molecule has 10 heteroatoms. The van der Waals surface area contributed by atoms with Gasteiger partial charge < -0.3 is 20.1 Å². The number of aliphatic hydroxyl groups excluding tert-OH is 1. The molecule has 5 aromatic carbocycles. The number of nitrogens with zero attached hydrogens (tertiary/aromatic N) is 2. The predicted octanol–water partition coefficient (Wildman–Crippen LogP) is 8.83. The minimum atomic E-state index is -3.52. The summed E-state index contributed by atoms with van der Waals surface area (Å²) in [7, 11) is -3.52. The first kappa shape index (κ1) is 40.4. The van der Waals surface area contributed by atoms with E-state index in [2.05, 4.69) is 39.5 Å². The smallest absolute Gasteiger partial charge is 0.248 e. The van der Waals surface area contributed by atoms with Crippen LogP contribution in [0.2, 0.25) is 0 Å². The molecule has 1 fully saturated rings. The highest BCUT2D eigenvalue weighted by Crippen LogP contribution is 2.31. The number of aromatic amines is 1. The van der Waals surface area contributed by atoms with Crippen molar-refractivity contribution in [2.45, 2.75) is 63.7 Å². The number of piperidine rings is 1.